The molecule has 5 rings (SSSR count). The second-order valence-electron chi connectivity index (χ2n) is 10.6. The lowest BCUT2D eigenvalue weighted by molar-refractivity contribution is -0.121. The summed E-state index contributed by atoms with van der Waals surface area (Å²) in [6, 6.07) is 21.4. The summed E-state index contributed by atoms with van der Waals surface area (Å²) in [5.41, 5.74) is 3.05. The van der Waals surface area contributed by atoms with E-state index in [2.05, 4.69) is 45.9 Å². The number of rotatable bonds is 7. The second-order valence-corrected chi connectivity index (χ2v) is 12.2. The molecule has 1 saturated carbocycles. The fraction of sp³-hybridized carbons (Fsp3) is 0.355. The Morgan fingerprint density at radius 2 is 1.54 bits per heavy atom. The molecule has 1 aliphatic heterocycles. The van der Waals surface area contributed by atoms with Crippen LogP contribution in [-0.4, -0.2) is 41.6 Å². The van der Waals surface area contributed by atoms with Gasteiger partial charge in [-0.2, -0.15) is 0 Å². The van der Waals surface area contributed by atoms with Crippen molar-refractivity contribution >= 4 is 58.4 Å². The van der Waals surface area contributed by atoms with Crippen molar-refractivity contribution in [3.8, 4) is 0 Å². The number of carbonyl (C=O) groups is 2. The molecule has 0 aromatic heterocycles. The first-order valence-corrected chi connectivity index (χ1v) is 15.0. The summed E-state index contributed by atoms with van der Waals surface area (Å²) in [7, 11) is 0. The van der Waals surface area contributed by atoms with E-state index in [4.69, 9.17) is 51.5 Å². The fourth-order valence-corrected chi connectivity index (χ4v) is 6.08. The highest BCUT2D eigenvalue weighted by Crippen LogP contribution is 2.49. The lowest BCUT2D eigenvalue weighted by Gasteiger charge is -2.43. The van der Waals surface area contributed by atoms with Crippen molar-refractivity contribution in [2.45, 2.75) is 44.2 Å². The molecule has 3 aromatic carbocycles. The van der Waals surface area contributed by atoms with Crippen molar-refractivity contribution in [1.29, 1.82) is 0 Å². The molecule has 2 fully saturated rings. The van der Waals surface area contributed by atoms with Crippen LogP contribution < -0.4 is 10.6 Å². The van der Waals surface area contributed by atoms with Gasteiger partial charge in [0.2, 0.25) is 5.91 Å². The molecular weight excluding hydrogens is 604 g/mol. The number of amides is 2. The maximum Gasteiger partial charge on any atom is 0.404 e. The molecule has 41 heavy (non-hydrogen) atoms. The molecule has 3 aromatic rings. The number of halogens is 4. The van der Waals surface area contributed by atoms with Gasteiger partial charge in [-0.3, -0.25) is 4.79 Å². The summed E-state index contributed by atoms with van der Waals surface area (Å²) in [5.74, 6) is 1.31. The van der Waals surface area contributed by atoms with E-state index in [0.29, 0.717) is 31.9 Å². The molecule has 2 atom stereocenters. The summed E-state index contributed by atoms with van der Waals surface area (Å²) < 4.78 is 0. The van der Waals surface area contributed by atoms with Gasteiger partial charge in [-0.05, 0) is 72.1 Å². The number of piperidine rings is 1. The molecule has 218 valence electrons. The van der Waals surface area contributed by atoms with Crippen molar-refractivity contribution in [1.82, 2.24) is 15.5 Å². The van der Waals surface area contributed by atoms with E-state index in [1.54, 1.807) is 25.1 Å². The van der Waals surface area contributed by atoms with Gasteiger partial charge in [0.25, 0.3) is 0 Å². The Balaban J connectivity index is 0.000000251. The summed E-state index contributed by atoms with van der Waals surface area (Å²) in [4.78, 5) is 24.6. The average Bonchev–Trinajstić information content (AvgIpc) is 3.71. The van der Waals surface area contributed by atoms with Gasteiger partial charge in [0.05, 0.1) is 25.6 Å². The topological polar surface area (TPSA) is 81.7 Å². The normalized spacial score (nSPS) is 19.4. The Labute approximate surface area is 260 Å². The Morgan fingerprint density at radius 1 is 0.902 bits per heavy atom. The van der Waals surface area contributed by atoms with Crippen LogP contribution in [-0.2, 0) is 16.9 Å². The maximum atomic E-state index is 11.9. The molecule has 0 unspecified atom stereocenters. The van der Waals surface area contributed by atoms with Gasteiger partial charge in [0.1, 0.15) is 0 Å². The van der Waals surface area contributed by atoms with Gasteiger partial charge >= 0.3 is 6.09 Å². The first-order valence-electron chi connectivity index (χ1n) is 13.5. The predicted octanol–water partition coefficient (Wildman–Crippen LogP) is 7.99. The van der Waals surface area contributed by atoms with Crippen LogP contribution in [0, 0.1) is 5.92 Å². The number of likely N-dealkylation sites (tertiary alicyclic amines) is 1. The minimum atomic E-state index is -1.06. The van der Waals surface area contributed by atoms with Gasteiger partial charge in [-0.1, -0.05) is 88.9 Å². The molecule has 0 spiro atoms. The van der Waals surface area contributed by atoms with Crippen LogP contribution in [0.25, 0.3) is 0 Å². The van der Waals surface area contributed by atoms with Gasteiger partial charge in [-0.25, -0.2) is 4.79 Å². The number of carbonyl (C=O) groups excluding carboxylic acids is 1. The third-order valence-electron chi connectivity index (χ3n) is 7.67. The van der Waals surface area contributed by atoms with E-state index in [1.807, 2.05) is 18.2 Å². The van der Waals surface area contributed by atoms with Crippen molar-refractivity contribution in [2.24, 2.45) is 5.92 Å². The second kappa shape index (κ2) is 14.1. The molecule has 6 nitrogen and oxygen atoms in total. The van der Waals surface area contributed by atoms with Crippen molar-refractivity contribution in [3.05, 3.63) is 104 Å². The monoisotopic (exact) mass is 635 g/mol. The zero-order valence-corrected chi connectivity index (χ0v) is 25.7. The third-order valence-corrected chi connectivity index (χ3v) is 9.14. The minimum Gasteiger partial charge on any atom is -0.465 e. The Hall–Kier alpha value is -2.48. The van der Waals surface area contributed by atoms with E-state index in [9.17, 15) is 9.59 Å². The van der Waals surface area contributed by atoms with Crippen molar-refractivity contribution < 1.29 is 14.7 Å². The molecule has 1 aliphatic carbocycles. The average molecular weight is 637 g/mol. The van der Waals surface area contributed by atoms with Crippen LogP contribution in [0.3, 0.4) is 0 Å². The molecule has 0 bridgehead atoms. The van der Waals surface area contributed by atoms with Crippen LogP contribution in [0.2, 0.25) is 20.1 Å². The molecule has 1 heterocycles. The molecule has 0 radical (unpaired) electrons. The molecular formula is C31H33Cl4N3O3. The molecule has 10 heteroatoms. The van der Waals surface area contributed by atoms with Gasteiger partial charge in [0.15, 0.2) is 0 Å². The SMILES string of the molecule is CC(=O)NC1(c2ccccc2)CCN(C[C@@H]2C[C@@H]2c2ccc(Cl)c(Cl)c2)CC1.O=C(O)NCc1ccc(Cl)c(Cl)c1. The number of hydrogen-bond donors (Lipinski definition) is 3. The number of nitrogens with one attached hydrogen (secondary N) is 2. The van der Waals surface area contributed by atoms with Crippen LogP contribution in [0.5, 0.6) is 0 Å². The van der Waals surface area contributed by atoms with E-state index >= 15 is 0 Å². The summed E-state index contributed by atoms with van der Waals surface area (Å²) in [6.45, 7) is 4.95. The first-order chi connectivity index (χ1) is 19.6. The zero-order chi connectivity index (χ0) is 29.6. The van der Waals surface area contributed by atoms with Gasteiger partial charge in [0, 0.05) is 33.1 Å². The van der Waals surface area contributed by atoms with Crippen LogP contribution in [0.4, 0.5) is 4.79 Å². The predicted molar refractivity (Wildman–Crippen MR) is 166 cm³/mol. The maximum absolute atomic E-state index is 11.9. The summed E-state index contributed by atoms with van der Waals surface area (Å²) >= 11 is 23.6. The van der Waals surface area contributed by atoms with Crippen LogP contribution in [0.15, 0.2) is 66.7 Å². The van der Waals surface area contributed by atoms with E-state index < -0.39 is 6.09 Å². The first kappa shape index (κ1) is 31.5. The lowest BCUT2D eigenvalue weighted by Crippen LogP contribution is -2.52. The Bertz CT molecular complexity index is 1360. The molecule has 3 N–H and O–H groups in total. The molecule has 1 saturated heterocycles. The summed E-state index contributed by atoms with van der Waals surface area (Å²) in [5, 5.41) is 16.0. The highest BCUT2D eigenvalue weighted by Gasteiger charge is 2.42. The van der Waals surface area contributed by atoms with Crippen molar-refractivity contribution in [3.63, 3.8) is 0 Å². The highest BCUT2D eigenvalue weighted by molar-refractivity contribution is 6.42. The summed E-state index contributed by atoms with van der Waals surface area (Å²) in [6.07, 6.45) is 2.04. The number of benzene rings is 3. The smallest absolute Gasteiger partial charge is 0.404 e. The lowest BCUT2D eigenvalue weighted by atomic mass is 9.80. The number of hydrogen-bond acceptors (Lipinski definition) is 3. The van der Waals surface area contributed by atoms with Crippen LogP contribution in [0.1, 0.15) is 48.8 Å². The Morgan fingerprint density at radius 3 is 2.12 bits per heavy atom. The van der Waals surface area contributed by atoms with Gasteiger partial charge < -0.3 is 20.6 Å². The largest absolute Gasteiger partial charge is 0.465 e. The quantitative estimate of drug-likeness (QED) is 0.246. The Kier molecular flexibility index (Phi) is 10.8. The fourth-order valence-electron chi connectivity index (χ4n) is 5.46. The van der Waals surface area contributed by atoms with Crippen LogP contribution >= 0.6 is 46.4 Å². The third kappa shape index (κ3) is 8.76. The van der Waals surface area contributed by atoms with Gasteiger partial charge in [-0.15, -0.1) is 0 Å². The van der Waals surface area contributed by atoms with E-state index in [1.165, 1.54) is 17.5 Å². The minimum absolute atomic E-state index is 0.0409. The zero-order valence-electron chi connectivity index (χ0n) is 22.7. The number of nitrogens with zero attached hydrogens (tertiary/aromatic N) is 1. The van der Waals surface area contributed by atoms with Crippen molar-refractivity contribution in [2.75, 3.05) is 19.6 Å². The van der Waals surface area contributed by atoms with E-state index in [0.717, 1.165) is 38.0 Å². The standard InChI is InChI=1S/C23H26Cl2N2O.C8H7Cl2NO2/c1-16(28)26-23(19-5-3-2-4-6-19)9-11-27(12-10-23)15-18-13-20(18)17-7-8-21(24)22(25)14-17;9-6-2-1-5(3-7(6)10)4-11-8(12)13/h2-8,14,18,20H,9-13,15H2,1H3,(H,26,28);1-3,11H,4H2,(H,12,13)/t18-,20+;/m0./s1. The van der Waals surface area contributed by atoms with E-state index in [-0.39, 0.29) is 18.0 Å². The highest BCUT2D eigenvalue weighted by atomic mass is 35.5. The number of carboxylic acid groups (broad SMARTS) is 1. The molecule has 2 aliphatic rings. The molecule has 2 amide bonds.